The van der Waals surface area contributed by atoms with Crippen molar-refractivity contribution in [2.45, 2.75) is 38.5 Å². The standard InChI is InChI=1S/C28H22N2O/c1-17-13-24-23-8-4-7-21(16-29)27(23)31-28(24)25(14-17)26-22-10-9-19(18-5-2-3-6-18)15-20(22)11-12-30-26/h4,7-15,18H,2-3,5-6H2,1H3. The minimum Gasteiger partial charge on any atom is -0.454 e. The lowest BCUT2D eigenvalue weighted by atomic mass is 9.93. The van der Waals surface area contributed by atoms with E-state index in [1.807, 2.05) is 18.3 Å². The van der Waals surface area contributed by atoms with Crippen molar-refractivity contribution in [1.29, 1.82) is 5.26 Å². The number of pyridine rings is 1. The van der Waals surface area contributed by atoms with E-state index in [0.717, 1.165) is 38.6 Å². The van der Waals surface area contributed by atoms with Gasteiger partial charge in [-0.15, -0.1) is 0 Å². The lowest BCUT2D eigenvalue weighted by molar-refractivity contribution is 0.668. The molecule has 1 saturated carbocycles. The molecular weight excluding hydrogens is 380 g/mol. The van der Waals surface area contributed by atoms with Gasteiger partial charge in [0.2, 0.25) is 0 Å². The number of rotatable bonds is 2. The minimum atomic E-state index is 0.560. The monoisotopic (exact) mass is 402 g/mol. The molecule has 0 spiro atoms. The maximum Gasteiger partial charge on any atom is 0.153 e. The fourth-order valence-corrected chi connectivity index (χ4v) is 5.23. The van der Waals surface area contributed by atoms with Gasteiger partial charge in [-0.25, -0.2) is 0 Å². The first-order chi connectivity index (χ1) is 15.2. The van der Waals surface area contributed by atoms with Crippen LogP contribution >= 0.6 is 0 Å². The summed E-state index contributed by atoms with van der Waals surface area (Å²) in [6.45, 7) is 2.10. The molecule has 150 valence electrons. The van der Waals surface area contributed by atoms with E-state index in [1.54, 1.807) is 6.07 Å². The molecule has 0 N–H and O–H groups in total. The van der Waals surface area contributed by atoms with Gasteiger partial charge >= 0.3 is 0 Å². The average molecular weight is 402 g/mol. The van der Waals surface area contributed by atoms with Crippen LogP contribution in [0.15, 0.2) is 65.2 Å². The van der Waals surface area contributed by atoms with Crippen LogP contribution in [0.2, 0.25) is 0 Å². The van der Waals surface area contributed by atoms with Crippen molar-refractivity contribution >= 4 is 32.7 Å². The lowest BCUT2D eigenvalue weighted by Gasteiger charge is -2.12. The summed E-state index contributed by atoms with van der Waals surface area (Å²) in [7, 11) is 0. The Bertz CT molecular complexity index is 1510. The number of nitrogens with zero attached hydrogens (tertiary/aromatic N) is 2. The van der Waals surface area contributed by atoms with Crippen LogP contribution in [0.5, 0.6) is 0 Å². The molecule has 2 heterocycles. The van der Waals surface area contributed by atoms with Gasteiger partial charge in [0, 0.05) is 27.9 Å². The second-order valence-electron chi connectivity index (χ2n) is 8.71. The topological polar surface area (TPSA) is 49.8 Å². The Labute approximate surface area is 180 Å². The predicted molar refractivity (Wildman–Crippen MR) is 125 cm³/mol. The van der Waals surface area contributed by atoms with Crippen molar-refractivity contribution in [3.8, 4) is 17.3 Å². The predicted octanol–water partition coefficient (Wildman–Crippen LogP) is 7.64. The Morgan fingerprint density at radius 3 is 2.65 bits per heavy atom. The molecule has 3 nitrogen and oxygen atoms in total. The Morgan fingerprint density at radius 2 is 1.81 bits per heavy atom. The number of furan rings is 1. The van der Waals surface area contributed by atoms with Crippen LogP contribution < -0.4 is 0 Å². The molecule has 6 rings (SSSR count). The van der Waals surface area contributed by atoms with Gasteiger partial charge in [-0.05, 0) is 66.5 Å². The molecule has 31 heavy (non-hydrogen) atoms. The van der Waals surface area contributed by atoms with Crippen molar-refractivity contribution < 1.29 is 4.42 Å². The van der Waals surface area contributed by atoms with Crippen molar-refractivity contribution in [2.24, 2.45) is 0 Å². The maximum absolute atomic E-state index is 9.54. The third-order valence-corrected chi connectivity index (χ3v) is 6.73. The van der Waals surface area contributed by atoms with E-state index >= 15 is 0 Å². The van der Waals surface area contributed by atoms with Gasteiger partial charge in [-0.2, -0.15) is 5.26 Å². The zero-order chi connectivity index (χ0) is 20.9. The van der Waals surface area contributed by atoms with Crippen LogP contribution in [0.4, 0.5) is 0 Å². The quantitative estimate of drug-likeness (QED) is 0.305. The first-order valence-electron chi connectivity index (χ1n) is 11.0. The molecule has 1 aliphatic carbocycles. The Balaban J connectivity index is 1.62. The van der Waals surface area contributed by atoms with Gasteiger partial charge in [0.05, 0.1) is 11.3 Å². The molecule has 3 aromatic carbocycles. The molecule has 1 fully saturated rings. The number of hydrogen-bond donors (Lipinski definition) is 0. The SMILES string of the molecule is Cc1cc(-c2nccc3cc(C4CCCC4)ccc23)c2oc3c(C#N)cccc3c2c1. The fourth-order valence-electron chi connectivity index (χ4n) is 5.23. The summed E-state index contributed by atoms with van der Waals surface area (Å²) in [6.07, 6.45) is 7.16. The zero-order valence-electron chi connectivity index (χ0n) is 17.5. The molecule has 0 bridgehead atoms. The van der Waals surface area contributed by atoms with E-state index in [-0.39, 0.29) is 0 Å². The first kappa shape index (κ1) is 18.2. The van der Waals surface area contributed by atoms with E-state index < -0.39 is 0 Å². The van der Waals surface area contributed by atoms with E-state index in [2.05, 4.69) is 49.4 Å². The second kappa shape index (κ2) is 6.96. The number of benzene rings is 3. The third kappa shape index (κ3) is 2.83. The molecule has 0 amide bonds. The molecule has 1 aliphatic rings. The van der Waals surface area contributed by atoms with Crippen molar-refractivity contribution in [3.05, 3.63) is 77.5 Å². The Kier molecular flexibility index (Phi) is 4.07. The van der Waals surface area contributed by atoms with Crippen molar-refractivity contribution in [3.63, 3.8) is 0 Å². The molecular formula is C28H22N2O. The molecule has 3 heteroatoms. The fraction of sp³-hybridized carbons (Fsp3) is 0.214. The van der Waals surface area contributed by atoms with Gasteiger partial charge in [0.1, 0.15) is 11.7 Å². The van der Waals surface area contributed by atoms with E-state index in [0.29, 0.717) is 17.1 Å². The highest BCUT2D eigenvalue weighted by molar-refractivity contribution is 6.12. The summed E-state index contributed by atoms with van der Waals surface area (Å²) in [5.41, 5.74) is 6.51. The number of hydrogen-bond acceptors (Lipinski definition) is 3. The van der Waals surface area contributed by atoms with Crippen LogP contribution in [-0.2, 0) is 0 Å². The smallest absolute Gasteiger partial charge is 0.153 e. The second-order valence-corrected chi connectivity index (χ2v) is 8.71. The average Bonchev–Trinajstić information content (AvgIpc) is 3.46. The molecule has 0 aliphatic heterocycles. The highest BCUT2D eigenvalue weighted by atomic mass is 16.3. The Hall–Kier alpha value is -3.64. The summed E-state index contributed by atoms with van der Waals surface area (Å²) in [5, 5.41) is 13.9. The van der Waals surface area contributed by atoms with Crippen LogP contribution in [0.3, 0.4) is 0 Å². The number of nitriles is 1. The largest absolute Gasteiger partial charge is 0.454 e. The molecule has 0 atom stereocenters. The van der Waals surface area contributed by atoms with E-state index in [4.69, 9.17) is 9.40 Å². The highest BCUT2D eigenvalue weighted by Crippen LogP contribution is 2.40. The zero-order valence-corrected chi connectivity index (χ0v) is 17.5. The van der Waals surface area contributed by atoms with Crippen molar-refractivity contribution in [2.75, 3.05) is 0 Å². The van der Waals surface area contributed by atoms with E-state index in [1.165, 1.54) is 36.6 Å². The van der Waals surface area contributed by atoms with E-state index in [9.17, 15) is 5.26 Å². The number of para-hydroxylation sites is 1. The first-order valence-corrected chi connectivity index (χ1v) is 11.0. The van der Waals surface area contributed by atoms with Crippen LogP contribution in [0.25, 0.3) is 44.0 Å². The van der Waals surface area contributed by atoms with Gasteiger partial charge in [0.15, 0.2) is 5.58 Å². The maximum atomic E-state index is 9.54. The third-order valence-electron chi connectivity index (χ3n) is 6.73. The van der Waals surface area contributed by atoms with Gasteiger partial charge in [-0.3, -0.25) is 4.98 Å². The molecule has 0 radical (unpaired) electrons. The van der Waals surface area contributed by atoms with Gasteiger partial charge in [0.25, 0.3) is 0 Å². The molecule has 0 unspecified atom stereocenters. The van der Waals surface area contributed by atoms with Crippen molar-refractivity contribution in [1.82, 2.24) is 4.98 Å². The summed E-state index contributed by atoms with van der Waals surface area (Å²) in [4.78, 5) is 4.78. The number of aromatic nitrogens is 1. The lowest BCUT2D eigenvalue weighted by Crippen LogP contribution is -1.93. The summed E-state index contributed by atoms with van der Waals surface area (Å²) >= 11 is 0. The molecule has 5 aromatic rings. The summed E-state index contributed by atoms with van der Waals surface area (Å²) < 4.78 is 6.31. The minimum absolute atomic E-state index is 0.560. The number of fused-ring (bicyclic) bond motifs is 4. The number of aryl methyl sites for hydroxylation is 1. The summed E-state index contributed by atoms with van der Waals surface area (Å²) in [5.74, 6) is 0.687. The molecule has 0 saturated heterocycles. The normalized spacial score (nSPS) is 14.6. The van der Waals surface area contributed by atoms with Gasteiger partial charge < -0.3 is 4.42 Å². The van der Waals surface area contributed by atoms with Crippen LogP contribution in [0, 0.1) is 18.3 Å². The van der Waals surface area contributed by atoms with Crippen LogP contribution in [-0.4, -0.2) is 4.98 Å². The van der Waals surface area contributed by atoms with Gasteiger partial charge in [-0.1, -0.05) is 43.2 Å². The molecule has 2 aromatic heterocycles. The Morgan fingerprint density at radius 1 is 0.935 bits per heavy atom. The summed E-state index contributed by atoms with van der Waals surface area (Å²) in [6, 6.07) is 21.2. The van der Waals surface area contributed by atoms with Crippen LogP contribution in [0.1, 0.15) is 48.3 Å². The highest BCUT2D eigenvalue weighted by Gasteiger charge is 2.20.